The van der Waals surface area contributed by atoms with E-state index < -0.39 is 10.0 Å². The number of nitrogens with two attached hydrogens (primary N) is 1. The minimum Gasteiger partial charge on any atom is -0.332 e. The van der Waals surface area contributed by atoms with Crippen molar-refractivity contribution >= 4 is 10.0 Å². The second-order valence-corrected chi connectivity index (χ2v) is 5.32. The number of H-pyrrole nitrogens is 1. The SMILES string of the molecule is Cc1ncc(S(=O)(=O)N2CC(N)C2)[nH]1. The lowest BCUT2D eigenvalue weighted by Crippen LogP contribution is -2.57. The van der Waals surface area contributed by atoms with E-state index in [0.29, 0.717) is 18.9 Å². The first kappa shape index (κ1) is 9.63. The summed E-state index contributed by atoms with van der Waals surface area (Å²) in [5, 5.41) is 0.141. The van der Waals surface area contributed by atoms with Gasteiger partial charge in [-0.3, -0.25) is 0 Å². The van der Waals surface area contributed by atoms with Gasteiger partial charge in [0.05, 0.1) is 6.20 Å². The van der Waals surface area contributed by atoms with Crippen molar-refractivity contribution in [1.82, 2.24) is 14.3 Å². The van der Waals surface area contributed by atoms with Crippen molar-refractivity contribution in [3.8, 4) is 0 Å². The molecule has 0 saturated carbocycles. The summed E-state index contributed by atoms with van der Waals surface area (Å²) in [7, 11) is -3.38. The Balaban J connectivity index is 2.25. The zero-order valence-corrected chi connectivity index (χ0v) is 8.58. The van der Waals surface area contributed by atoms with Gasteiger partial charge in [0.2, 0.25) is 0 Å². The molecule has 0 radical (unpaired) electrons. The number of nitrogens with one attached hydrogen (secondary N) is 1. The van der Waals surface area contributed by atoms with E-state index >= 15 is 0 Å². The Kier molecular flexibility index (Phi) is 2.09. The van der Waals surface area contributed by atoms with E-state index in [2.05, 4.69) is 9.97 Å². The van der Waals surface area contributed by atoms with Crippen LogP contribution >= 0.6 is 0 Å². The monoisotopic (exact) mass is 216 g/mol. The molecule has 0 unspecified atom stereocenters. The van der Waals surface area contributed by atoms with E-state index in [1.807, 2.05) is 0 Å². The molecule has 1 fully saturated rings. The maximum absolute atomic E-state index is 11.8. The molecule has 2 heterocycles. The highest BCUT2D eigenvalue weighted by atomic mass is 32.2. The van der Waals surface area contributed by atoms with Crippen LogP contribution in [0.1, 0.15) is 5.82 Å². The standard InChI is InChI=1S/C7H12N4O2S/c1-5-9-2-7(10-5)14(12,13)11-3-6(8)4-11/h2,6H,3-4,8H2,1H3,(H,9,10). The largest absolute Gasteiger partial charge is 0.332 e. The zero-order chi connectivity index (χ0) is 10.3. The fourth-order valence-corrected chi connectivity index (χ4v) is 2.85. The number of aromatic nitrogens is 2. The number of nitrogens with zero attached hydrogens (tertiary/aromatic N) is 2. The number of sulfonamides is 1. The van der Waals surface area contributed by atoms with Gasteiger partial charge in [0.15, 0.2) is 5.03 Å². The Bertz CT molecular complexity index is 432. The first-order valence-electron chi connectivity index (χ1n) is 4.27. The van der Waals surface area contributed by atoms with Gasteiger partial charge in [-0.2, -0.15) is 4.31 Å². The maximum atomic E-state index is 11.8. The Hall–Kier alpha value is -0.920. The van der Waals surface area contributed by atoms with Crippen molar-refractivity contribution < 1.29 is 8.42 Å². The van der Waals surface area contributed by atoms with Crippen LogP contribution in [0.4, 0.5) is 0 Å². The Morgan fingerprint density at radius 3 is 2.71 bits per heavy atom. The number of hydrogen-bond acceptors (Lipinski definition) is 4. The van der Waals surface area contributed by atoms with Crippen LogP contribution in [0.25, 0.3) is 0 Å². The van der Waals surface area contributed by atoms with Crippen molar-refractivity contribution in [1.29, 1.82) is 0 Å². The third kappa shape index (κ3) is 1.43. The molecule has 0 aliphatic carbocycles. The molecule has 14 heavy (non-hydrogen) atoms. The van der Waals surface area contributed by atoms with E-state index in [1.165, 1.54) is 10.5 Å². The number of aromatic amines is 1. The molecule has 7 heteroatoms. The lowest BCUT2D eigenvalue weighted by atomic mass is 10.2. The maximum Gasteiger partial charge on any atom is 0.260 e. The van der Waals surface area contributed by atoms with Gasteiger partial charge in [0.25, 0.3) is 10.0 Å². The molecule has 3 N–H and O–H groups in total. The highest BCUT2D eigenvalue weighted by Crippen LogP contribution is 2.18. The molecule has 2 rings (SSSR count). The van der Waals surface area contributed by atoms with Gasteiger partial charge in [-0.05, 0) is 6.92 Å². The molecule has 0 spiro atoms. The molecule has 1 saturated heterocycles. The Labute approximate surface area is 82.2 Å². The fraction of sp³-hybridized carbons (Fsp3) is 0.571. The van der Waals surface area contributed by atoms with Crippen LogP contribution in [0, 0.1) is 6.92 Å². The normalized spacial score (nSPS) is 19.6. The van der Waals surface area contributed by atoms with Crippen LogP contribution < -0.4 is 5.73 Å². The minimum atomic E-state index is -3.38. The van der Waals surface area contributed by atoms with Gasteiger partial charge in [-0.1, -0.05) is 0 Å². The lowest BCUT2D eigenvalue weighted by Gasteiger charge is -2.34. The molecule has 1 aromatic heterocycles. The van der Waals surface area contributed by atoms with Gasteiger partial charge in [0.1, 0.15) is 5.82 Å². The van der Waals surface area contributed by atoms with Crippen LogP contribution in [0.2, 0.25) is 0 Å². The second kappa shape index (κ2) is 3.04. The summed E-state index contributed by atoms with van der Waals surface area (Å²) in [6, 6.07) is -0.0335. The van der Waals surface area contributed by atoms with Crippen molar-refractivity contribution in [2.24, 2.45) is 5.73 Å². The van der Waals surface area contributed by atoms with Crippen LogP contribution in [0.15, 0.2) is 11.2 Å². The smallest absolute Gasteiger partial charge is 0.260 e. The average molecular weight is 216 g/mol. The molecule has 1 aliphatic heterocycles. The zero-order valence-electron chi connectivity index (χ0n) is 7.77. The number of hydrogen-bond donors (Lipinski definition) is 2. The van der Waals surface area contributed by atoms with Crippen molar-refractivity contribution in [2.75, 3.05) is 13.1 Å². The highest BCUT2D eigenvalue weighted by molar-refractivity contribution is 7.89. The molecule has 0 aromatic carbocycles. The number of imidazole rings is 1. The van der Waals surface area contributed by atoms with Gasteiger partial charge in [0, 0.05) is 19.1 Å². The molecule has 1 aromatic rings. The Morgan fingerprint density at radius 2 is 2.29 bits per heavy atom. The van der Waals surface area contributed by atoms with E-state index in [-0.39, 0.29) is 11.1 Å². The number of aryl methyl sites for hydroxylation is 1. The third-order valence-corrected chi connectivity index (χ3v) is 3.91. The first-order chi connectivity index (χ1) is 6.50. The highest BCUT2D eigenvalue weighted by Gasteiger charge is 2.35. The van der Waals surface area contributed by atoms with Crippen LogP contribution in [0.3, 0.4) is 0 Å². The molecular weight excluding hydrogens is 204 g/mol. The summed E-state index contributed by atoms with van der Waals surface area (Å²) < 4.78 is 24.9. The lowest BCUT2D eigenvalue weighted by molar-refractivity contribution is 0.265. The van der Waals surface area contributed by atoms with Crippen molar-refractivity contribution in [3.05, 3.63) is 12.0 Å². The van der Waals surface area contributed by atoms with Gasteiger partial charge in [-0.15, -0.1) is 0 Å². The van der Waals surface area contributed by atoms with E-state index in [1.54, 1.807) is 6.92 Å². The summed E-state index contributed by atoms with van der Waals surface area (Å²) in [6.45, 7) is 2.49. The molecule has 0 atom stereocenters. The average Bonchev–Trinajstić information content (AvgIpc) is 2.46. The molecule has 0 bridgehead atoms. The van der Waals surface area contributed by atoms with Crippen LogP contribution in [-0.2, 0) is 10.0 Å². The summed E-state index contributed by atoms with van der Waals surface area (Å²) in [5.41, 5.74) is 5.52. The van der Waals surface area contributed by atoms with Gasteiger partial charge >= 0.3 is 0 Å². The van der Waals surface area contributed by atoms with E-state index in [0.717, 1.165) is 0 Å². The summed E-state index contributed by atoms with van der Waals surface area (Å²) >= 11 is 0. The van der Waals surface area contributed by atoms with Crippen LogP contribution in [0.5, 0.6) is 0 Å². The van der Waals surface area contributed by atoms with E-state index in [9.17, 15) is 8.42 Å². The predicted molar refractivity (Wildman–Crippen MR) is 50.1 cm³/mol. The Morgan fingerprint density at radius 1 is 1.64 bits per heavy atom. The summed E-state index contributed by atoms with van der Waals surface area (Å²) in [4.78, 5) is 6.55. The first-order valence-corrected chi connectivity index (χ1v) is 5.71. The molecule has 6 nitrogen and oxygen atoms in total. The van der Waals surface area contributed by atoms with Crippen LogP contribution in [-0.4, -0.2) is 41.8 Å². The molecule has 0 amide bonds. The van der Waals surface area contributed by atoms with Crippen molar-refractivity contribution in [3.63, 3.8) is 0 Å². The third-order valence-electron chi connectivity index (χ3n) is 2.17. The van der Waals surface area contributed by atoms with Gasteiger partial charge < -0.3 is 10.7 Å². The van der Waals surface area contributed by atoms with E-state index in [4.69, 9.17) is 5.73 Å². The molecule has 78 valence electrons. The van der Waals surface area contributed by atoms with Gasteiger partial charge in [-0.25, -0.2) is 13.4 Å². The van der Waals surface area contributed by atoms with Crippen molar-refractivity contribution in [2.45, 2.75) is 18.0 Å². The second-order valence-electron chi connectivity index (χ2n) is 3.41. The number of rotatable bonds is 2. The quantitative estimate of drug-likeness (QED) is 0.666. The minimum absolute atomic E-state index is 0.0335. The predicted octanol–water partition coefficient (Wildman–Crippen LogP) is -0.950. The fourth-order valence-electron chi connectivity index (χ4n) is 1.33. The molecular formula is C7H12N4O2S. The summed E-state index contributed by atoms with van der Waals surface area (Å²) in [5.74, 6) is 0.591. The summed E-state index contributed by atoms with van der Waals surface area (Å²) in [6.07, 6.45) is 1.33. The topological polar surface area (TPSA) is 92.1 Å². The molecule has 1 aliphatic rings.